The first-order chi connectivity index (χ1) is 9.73. The van der Waals surface area contributed by atoms with E-state index in [9.17, 15) is 4.39 Å². The molecule has 1 heterocycles. The highest BCUT2D eigenvalue weighted by molar-refractivity contribution is 5.17. The topological polar surface area (TPSA) is 15.3 Å². The van der Waals surface area contributed by atoms with E-state index in [1.165, 1.54) is 6.07 Å². The first-order valence-electron chi connectivity index (χ1n) is 7.97. The fraction of sp³-hybridized carbons (Fsp3) is 0.667. The van der Waals surface area contributed by atoms with Crippen molar-refractivity contribution in [2.45, 2.75) is 59.2 Å². The molecule has 0 bridgehead atoms. The van der Waals surface area contributed by atoms with Crippen LogP contribution < -0.4 is 5.32 Å². The molecule has 2 nitrogen and oxygen atoms in total. The Morgan fingerprint density at radius 3 is 2.67 bits per heavy atom. The molecule has 21 heavy (non-hydrogen) atoms. The summed E-state index contributed by atoms with van der Waals surface area (Å²) in [5, 5.41) is 3.71. The third-order valence-corrected chi connectivity index (χ3v) is 4.77. The van der Waals surface area contributed by atoms with E-state index in [-0.39, 0.29) is 16.8 Å². The van der Waals surface area contributed by atoms with E-state index < -0.39 is 0 Å². The van der Waals surface area contributed by atoms with Crippen LogP contribution in [0.3, 0.4) is 0 Å². The number of halogens is 1. The molecule has 2 rings (SSSR count). The summed E-state index contributed by atoms with van der Waals surface area (Å²) in [6.07, 6.45) is 1.10. The maximum absolute atomic E-state index is 13.4. The lowest BCUT2D eigenvalue weighted by Gasteiger charge is -2.50. The van der Waals surface area contributed by atoms with E-state index in [2.05, 4.69) is 44.8 Å². The summed E-state index contributed by atoms with van der Waals surface area (Å²) in [6, 6.07) is 7.45. The Kier molecular flexibility index (Phi) is 4.74. The Hall–Kier alpha value is -0.930. The van der Waals surface area contributed by atoms with Crippen LogP contribution in [0.15, 0.2) is 24.3 Å². The standard InChI is InChI=1S/C18H29FN2/c1-6-18(5)13-21(16(11-20-18)17(2,3)4)12-14-8-7-9-15(19)10-14/h7-10,16,20H,6,11-13H2,1-5H3. The second-order valence-corrected chi connectivity index (χ2v) is 7.71. The van der Waals surface area contributed by atoms with Crippen LogP contribution in [0.2, 0.25) is 0 Å². The van der Waals surface area contributed by atoms with Gasteiger partial charge in [-0.15, -0.1) is 0 Å². The van der Waals surface area contributed by atoms with Gasteiger partial charge in [-0.1, -0.05) is 39.8 Å². The number of hydrogen-bond donors (Lipinski definition) is 1. The van der Waals surface area contributed by atoms with Crippen molar-refractivity contribution >= 4 is 0 Å². The van der Waals surface area contributed by atoms with Crippen LogP contribution in [-0.2, 0) is 6.54 Å². The molecule has 1 aliphatic rings. The molecule has 0 amide bonds. The van der Waals surface area contributed by atoms with Gasteiger partial charge < -0.3 is 5.32 Å². The maximum atomic E-state index is 13.4. The van der Waals surface area contributed by atoms with Gasteiger partial charge in [0.05, 0.1) is 0 Å². The smallest absolute Gasteiger partial charge is 0.123 e. The predicted molar refractivity (Wildman–Crippen MR) is 86.8 cm³/mol. The van der Waals surface area contributed by atoms with Gasteiger partial charge in [0, 0.05) is 31.2 Å². The first-order valence-corrected chi connectivity index (χ1v) is 7.97. The molecule has 118 valence electrons. The number of hydrogen-bond acceptors (Lipinski definition) is 2. The molecule has 0 aromatic heterocycles. The molecule has 2 unspecified atom stereocenters. The van der Waals surface area contributed by atoms with Crippen LogP contribution >= 0.6 is 0 Å². The lowest BCUT2D eigenvalue weighted by atomic mass is 9.81. The van der Waals surface area contributed by atoms with Crippen LogP contribution in [-0.4, -0.2) is 29.6 Å². The lowest BCUT2D eigenvalue weighted by molar-refractivity contribution is 0.0204. The van der Waals surface area contributed by atoms with Gasteiger partial charge in [-0.3, -0.25) is 4.90 Å². The lowest BCUT2D eigenvalue weighted by Crippen LogP contribution is -2.65. The summed E-state index contributed by atoms with van der Waals surface area (Å²) in [5.74, 6) is -0.145. The minimum absolute atomic E-state index is 0.145. The quantitative estimate of drug-likeness (QED) is 0.911. The van der Waals surface area contributed by atoms with Crippen LogP contribution in [0.25, 0.3) is 0 Å². The molecular formula is C18H29FN2. The number of nitrogens with zero attached hydrogens (tertiary/aromatic N) is 1. The molecule has 0 spiro atoms. The minimum Gasteiger partial charge on any atom is -0.309 e. The Bertz CT molecular complexity index is 480. The van der Waals surface area contributed by atoms with Crippen molar-refractivity contribution in [2.24, 2.45) is 5.41 Å². The van der Waals surface area contributed by atoms with Crippen LogP contribution in [0.5, 0.6) is 0 Å². The molecule has 1 aromatic carbocycles. The second-order valence-electron chi connectivity index (χ2n) is 7.71. The highest BCUT2D eigenvalue weighted by Crippen LogP contribution is 2.31. The van der Waals surface area contributed by atoms with Gasteiger partial charge >= 0.3 is 0 Å². The van der Waals surface area contributed by atoms with Crippen LogP contribution in [0.1, 0.15) is 46.6 Å². The number of rotatable bonds is 3. The summed E-state index contributed by atoms with van der Waals surface area (Å²) >= 11 is 0. The van der Waals surface area contributed by atoms with E-state index in [0.717, 1.165) is 31.6 Å². The van der Waals surface area contributed by atoms with Gasteiger partial charge in [-0.05, 0) is 36.5 Å². The Morgan fingerprint density at radius 2 is 2.10 bits per heavy atom. The largest absolute Gasteiger partial charge is 0.309 e. The monoisotopic (exact) mass is 292 g/mol. The highest BCUT2D eigenvalue weighted by atomic mass is 19.1. The average Bonchev–Trinajstić information content (AvgIpc) is 2.37. The Labute approximate surface area is 128 Å². The molecule has 0 radical (unpaired) electrons. The van der Waals surface area contributed by atoms with Crippen LogP contribution in [0, 0.1) is 11.2 Å². The van der Waals surface area contributed by atoms with Crippen molar-refractivity contribution in [1.29, 1.82) is 0 Å². The SMILES string of the molecule is CCC1(C)CN(Cc2cccc(F)c2)C(C(C)(C)C)CN1. The van der Waals surface area contributed by atoms with E-state index in [0.29, 0.717) is 6.04 Å². The first kappa shape index (κ1) is 16.4. The molecule has 2 atom stereocenters. The number of piperazine rings is 1. The van der Waals surface area contributed by atoms with Gasteiger partial charge in [0.2, 0.25) is 0 Å². The van der Waals surface area contributed by atoms with E-state index in [1.807, 2.05) is 6.07 Å². The highest BCUT2D eigenvalue weighted by Gasteiger charge is 2.39. The van der Waals surface area contributed by atoms with Crippen molar-refractivity contribution < 1.29 is 4.39 Å². The summed E-state index contributed by atoms with van der Waals surface area (Å²) in [5.41, 5.74) is 1.41. The summed E-state index contributed by atoms with van der Waals surface area (Å²) in [7, 11) is 0. The van der Waals surface area contributed by atoms with E-state index >= 15 is 0 Å². The van der Waals surface area contributed by atoms with Gasteiger partial charge in [0.15, 0.2) is 0 Å². The van der Waals surface area contributed by atoms with Gasteiger partial charge in [-0.25, -0.2) is 4.39 Å². The summed E-state index contributed by atoms with van der Waals surface area (Å²) < 4.78 is 13.4. The van der Waals surface area contributed by atoms with Crippen molar-refractivity contribution in [1.82, 2.24) is 10.2 Å². The van der Waals surface area contributed by atoms with Gasteiger partial charge in [-0.2, -0.15) is 0 Å². The fourth-order valence-electron chi connectivity index (χ4n) is 3.21. The Balaban J connectivity index is 2.21. The third kappa shape index (κ3) is 4.04. The van der Waals surface area contributed by atoms with E-state index in [4.69, 9.17) is 0 Å². The Morgan fingerprint density at radius 1 is 1.38 bits per heavy atom. The molecular weight excluding hydrogens is 263 g/mol. The van der Waals surface area contributed by atoms with Crippen molar-refractivity contribution in [3.63, 3.8) is 0 Å². The summed E-state index contributed by atoms with van der Waals surface area (Å²) in [6.45, 7) is 14.2. The van der Waals surface area contributed by atoms with Crippen molar-refractivity contribution in [3.8, 4) is 0 Å². The normalized spacial score (nSPS) is 27.8. The molecule has 1 saturated heterocycles. The molecule has 1 aliphatic heterocycles. The molecule has 0 aliphatic carbocycles. The molecule has 1 fully saturated rings. The van der Waals surface area contributed by atoms with Gasteiger partial charge in [0.25, 0.3) is 0 Å². The molecule has 1 N–H and O–H groups in total. The number of benzene rings is 1. The second kappa shape index (κ2) is 6.05. The number of nitrogens with one attached hydrogen (secondary N) is 1. The molecule has 0 saturated carbocycles. The van der Waals surface area contributed by atoms with Gasteiger partial charge in [0.1, 0.15) is 5.82 Å². The predicted octanol–water partition coefficient (Wildman–Crippen LogP) is 3.81. The maximum Gasteiger partial charge on any atom is 0.123 e. The zero-order valence-corrected chi connectivity index (χ0v) is 14.0. The zero-order chi connectivity index (χ0) is 15.7. The van der Waals surface area contributed by atoms with Crippen LogP contribution in [0.4, 0.5) is 4.39 Å². The minimum atomic E-state index is -0.145. The van der Waals surface area contributed by atoms with E-state index in [1.54, 1.807) is 12.1 Å². The average molecular weight is 292 g/mol. The van der Waals surface area contributed by atoms with Crippen molar-refractivity contribution in [3.05, 3.63) is 35.6 Å². The summed E-state index contributed by atoms with van der Waals surface area (Å²) in [4.78, 5) is 2.52. The third-order valence-electron chi connectivity index (χ3n) is 4.77. The zero-order valence-electron chi connectivity index (χ0n) is 14.0. The fourth-order valence-corrected chi connectivity index (χ4v) is 3.21. The molecule has 1 aromatic rings. The van der Waals surface area contributed by atoms with Crippen molar-refractivity contribution in [2.75, 3.05) is 13.1 Å². The molecule has 3 heteroatoms.